The smallest absolute Gasteiger partial charge is 0.253 e. The van der Waals surface area contributed by atoms with Crippen LogP contribution < -0.4 is 0 Å². The molecule has 2 aromatic carbocycles. The minimum Gasteiger partial charge on any atom is -0.276 e. The standard InChI is InChI=1S/C13H6ClF3OS/c14-13(18)9-5-7(15)1-4-12(9)19-8-2-3-10(16)11(17)6-8/h1-6H. The van der Waals surface area contributed by atoms with Gasteiger partial charge in [0.05, 0.1) is 5.56 Å². The van der Waals surface area contributed by atoms with Crippen LogP contribution in [0.2, 0.25) is 0 Å². The fourth-order valence-corrected chi connectivity index (χ4v) is 2.57. The number of hydrogen-bond donors (Lipinski definition) is 0. The van der Waals surface area contributed by atoms with Crippen molar-refractivity contribution in [3.05, 3.63) is 59.4 Å². The third-order valence-corrected chi connectivity index (χ3v) is 3.54. The molecule has 0 aliphatic rings. The molecule has 0 N–H and O–H groups in total. The van der Waals surface area contributed by atoms with E-state index in [-0.39, 0.29) is 5.56 Å². The molecule has 0 fully saturated rings. The molecule has 98 valence electrons. The van der Waals surface area contributed by atoms with Crippen molar-refractivity contribution in [2.24, 2.45) is 0 Å². The van der Waals surface area contributed by atoms with Crippen molar-refractivity contribution in [3.8, 4) is 0 Å². The maximum absolute atomic E-state index is 13.1. The van der Waals surface area contributed by atoms with Crippen LogP contribution in [0.4, 0.5) is 13.2 Å². The molecule has 0 radical (unpaired) electrons. The Kier molecular flexibility index (Phi) is 4.17. The highest BCUT2D eigenvalue weighted by Gasteiger charge is 2.12. The first-order chi connectivity index (χ1) is 8.97. The molecule has 6 heteroatoms. The highest BCUT2D eigenvalue weighted by Crippen LogP contribution is 2.32. The van der Waals surface area contributed by atoms with Gasteiger partial charge in [-0.25, -0.2) is 13.2 Å². The lowest BCUT2D eigenvalue weighted by atomic mass is 10.2. The van der Waals surface area contributed by atoms with Crippen LogP contribution in [0.5, 0.6) is 0 Å². The van der Waals surface area contributed by atoms with Gasteiger partial charge in [0.1, 0.15) is 5.82 Å². The lowest BCUT2D eigenvalue weighted by Crippen LogP contribution is -1.94. The highest BCUT2D eigenvalue weighted by atomic mass is 35.5. The molecule has 0 saturated heterocycles. The van der Waals surface area contributed by atoms with E-state index in [0.29, 0.717) is 9.79 Å². The molecular formula is C13H6ClF3OS. The highest BCUT2D eigenvalue weighted by molar-refractivity contribution is 7.99. The molecule has 0 bridgehead atoms. The minimum atomic E-state index is -0.995. The van der Waals surface area contributed by atoms with Crippen LogP contribution in [-0.4, -0.2) is 5.24 Å². The maximum Gasteiger partial charge on any atom is 0.253 e. The molecule has 0 aliphatic heterocycles. The summed E-state index contributed by atoms with van der Waals surface area (Å²) in [5.74, 6) is -2.55. The molecule has 0 unspecified atom stereocenters. The summed E-state index contributed by atoms with van der Waals surface area (Å²) in [5, 5.41) is -0.815. The summed E-state index contributed by atoms with van der Waals surface area (Å²) in [6.07, 6.45) is 0. The van der Waals surface area contributed by atoms with Gasteiger partial charge in [-0.15, -0.1) is 0 Å². The lowest BCUT2D eigenvalue weighted by molar-refractivity contribution is 0.107. The van der Waals surface area contributed by atoms with Crippen molar-refractivity contribution in [3.63, 3.8) is 0 Å². The Morgan fingerprint density at radius 1 is 1.00 bits per heavy atom. The molecule has 0 spiro atoms. The third-order valence-electron chi connectivity index (χ3n) is 2.27. The van der Waals surface area contributed by atoms with Crippen molar-refractivity contribution < 1.29 is 18.0 Å². The van der Waals surface area contributed by atoms with Crippen LogP contribution in [0.1, 0.15) is 10.4 Å². The zero-order valence-electron chi connectivity index (χ0n) is 9.29. The summed E-state index contributed by atoms with van der Waals surface area (Å²) in [7, 11) is 0. The van der Waals surface area contributed by atoms with E-state index in [9.17, 15) is 18.0 Å². The van der Waals surface area contributed by atoms with Crippen LogP contribution in [0.15, 0.2) is 46.2 Å². The fourth-order valence-electron chi connectivity index (χ4n) is 1.41. The van der Waals surface area contributed by atoms with Crippen molar-refractivity contribution in [1.29, 1.82) is 0 Å². The van der Waals surface area contributed by atoms with E-state index in [1.54, 1.807) is 0 Å². The van der Waals surface area contributed by atoms with Gasteiger partial charge in [-0.05, 0) is 48.0 Å². The van der Waals surface area contributed by atoms with Crippen LogP contribution >= 0.6 is 23.4 Å². The fraction of sp³-hybridized carbons (Fsp3) is 0. The molecule has 0 aromatic heterocycles. The van der Waals surface area contributed by atoms with Gasteiger partial charge in [0, 0.05) is 9.79 Å². The third kappa shape index (κ3) is 3.30. The summed E-state index contributed by atoms with van der Waals surface area (Å²) in [4.78, 5) is 11.9. The summed E-state index contributed by atoms with van der Waals surface area (Å²) in [5.41, 5.74) is -0.0172. The largest absolute Gasteiger partial charge is 0.276 e. The number of rotatable bonds is 3. The monoisotopic (exact) mass is 302 g/mol. The van der Waals surface area contributed by atoms with Crippen LogP contribution in [-0.2, 0) is 0 Å². The lowest BCUT2D eigenvalue weighted by Gasteiger charge is -2.06. The first kappa shape index (κ1) is 14.0. The Bertz CT molecular complexity index is 646. The average Bonchev–Trinajstić information content (AvgIpc) is 2.36. The zero-order valence-corrected chi connectivity index (χ0v) is 10.9. The number of benzene rings is 2. The molecule has 2 rings (SSSR count). The number of halogens is 4. The van der Waals surface area contributed by atoms with E-state index in [4.69, 9.17) is 11.6 Å². The molecule has 0 atom stereocenters. The normalized spacial score (nSPS) is 10.5. The second kappa shape index (κ2) is 5.67. The topological polar surface area (TPSA) is 17.1 Å². The number of hydrogen-bond acceptors (Lipinski definition) is 2. The molecule has 1 nitrogen and oxygen atoms in total. The molecule has 0 amide bonds. The summed E-state index contributed by atoms with van der Waals surface area (Å²) in [6, 6.07) is 6.84. The molecule has 0 saturated carbocycles. The Balaban J connectivity index is 2.37. The molecule has 19 heavy (non-hydrogen) atoms. The van der Waals surface area contributed by atoms with E-state index >= 15 is 0 Å². The van der Waals surface area contributed by atoms with Gasteiger partial charge in [0.2, 0.25) is 0 Å². The Morgan fingerprint density at radius 2 is 1.74 bits per heavy atom. The van der Waals surface area contributed by atoms with Gasteiger partial charge < -0.3 is 0 Å². The molecule has 0 aliphatic carbocycles. The van der Waals surface area contributed by atoms with Gasteiger partial charge >= 0.3 is 0 Å². The van der Waals surface area contributed by atoms with Crippen molar-refractivity contribution >= 4 is 28.6 Å². The van der Waals surface area contributed by atoms with Crippen molar-refractivity contribution in [2.75, 3.05) is 0 Å². The SMILES string of the molecule is O=C(Cl)c1cc(F)ccc1Sc1ccc(F)c(F)c1. The van der Waals surface area contributed by atoms with E-state index in [2.05, 4.69) is 0 Å². The van der Waals surface area contributed by atoms with Gasteiger partial charge in [-0.2, -0.15) is 0 Å². The van der Waals surface area contributed by atoms with Gasteiger partial charge in [0.25, 0.3) is 5.24 Å². The van der Waals surface area contributed by atoms with Crippen LogP contribution in [0, 0.1) is 17.5 Å². The van der Waals surface area contributed by atoms with Gasteiger partial charge in [-0.3, -0.25) is 4.79 Å². The quantitative estimate of drug-likeness (QED) is 0.769. The zero-order chi connectivity index (χ0) is 14.0. The van der Waals surface area contributed by atoms with E-state index in [1.807, 2.05) is 0 Å². The average molecular weight is 303 g/mol. The molecular weight excluding hydrogens is 297 g/mol. The first-order valence-electron chi connectivity index (χ1n) is 5.09. The Hall–Kier alpha value is -1.46. The Morgan fingerprint density at radius 3 is 2.37 bits per heavy atom. The number of carbonyl (C=O) groups excluding carboxylic acids is 1. The maximum atomic E-state index is 13.1. The minimum absolute atomic E-state index is 0.0172. The molecule has 2 aromatic rings. The predicted molar refractivity (Wildman–Crippen MR) is 67.1 cm³/mol. The first-order valence-corrected chi connectivity index (χ1v) is 6.29. The van der Waals surface area contributed by atoms with Crippen molar-refractivity contribution in [1.82, 2.24) is 0 Å². The predicted octanol–water partition coefficient (Wildman–Crippen LogP) is 4.63. The second-order valence-corrected chi connectivity index (χ2v) is 5.05. The molecule has 0 heterocycles. The van der Waals surface area contributed by atoms with E-state index in [1.165, 1.54) is 12.1 Å². The van der Waals surface area contributed by atoms with Crippen LogP contribution in [0.3, 0.4) is 0 Å². The summed E-state index contributed by atoms with van der Waals surface area (Å²) < 4.78 is 38.9. The van der Waals surface area contributed by atoms with Gasteiger partial charge in [0.15, 0.2) is 11.6 Å². The number of carbonyl (C=O) groups is 1. The van der Waals surface area contributed by atoms with E-state index < -0.39 is 22.7 Å². The van der Waals surface area contributed by atoms with Crippen molar-refractivity contribution in [2.45, 2.75) is 9.79 Å². The second-order valence-electron chi connectivity index (χ2n) is 3.59. The summed E-state index contributed by atoms with van der Waals surface area (Å²) in [6.45, 7) is 0. The summed E-state index contributed by atoms with van der Waals surface area (Å²) >= 11 is 6.35. The van der Waals surface area contributed by atoms with Gasteiger partial charge in [-0.1, -0.05) is 11.8 Å². The van der Waals surface area contributed by atoms with E-state index in [0.717, 1.165) is 36.0 Å². The Labute approximate surface area is 116 Å². The van der Waals surface area contributed by atoms with Crippen LogP contribution in [0.25, 0.3) is 0 Å².